The molecule has 5 rings (SSSR count). The van der Waals surface area contributed by atoms with E-state index in [1.807, 2.05) is 16.8 Å². The van der Waals surface area contributed by atoms with Gasteiger partial charge in [-0.1, -0.05) is 0 Å². The van der Waals surface area contributed by atoms with Gasteiger partial charge >= 0.3 is 5.97 Å². The van der Waals surface area contributed by atoms with Crippen LogP contribution in [0.4, 0.5) is 0 Å². The molecule has 34 heavy (non-hydrogen) atoms. The van der Waals surface area contributed by atoms with Crippen LogP contribution in [0, 0.1) is 0 Å². The van der Waals surface area contributed by atoms with Crippen molar-refractivity contribution in [2.45, 2.75) is 36.0 Å². The standard InChI is InChI=1S/C24H23NO7S2/c1-31-6-2-7-32-20-11-21-18(10-17(20)14-5-8-33-12-14)22-15(13-34(21,29)30)9-19(24(27)28)23(26)25(22)16-3-4-16/h5,8-12,16H,2-4,6-7,13H2,1H3,(H,27,28). The quantitative estimate of drug-likeness (QED) is 0.465. The van der Waals surface area contributed by atoms with Gasteiger partial charge in [-0.2, -0.15) is 11.3 Å². The van der Waals surface area contributed by atoms with Gasteiger partial charge in [0.15, 0.2) is 9.84 Å². The number of pyridine rings is 1. The maximum absolute atomic E-state index is 13.3. The maximum atomic E-state index is 13.3. The summed E-state index contributed by atoms with van der Waals surface area (Å²) in [4.78, 5) is 24.9. The van der Waals surface area contributed by atoms with Gasteiger partial charge in [-0.05, 0) is 52.9 Å². The molecule has 0 saturated heterocycles. The first kappa shape index (κ1) is 22.8. The van der Waals surface area contributed by atoms with Crippen LogP contribution in [-0.2, 0) is 20.3 Å². The zero-order valence-corrected chi connectivity index (χ0v) is 20.1. The predicted octanol–water partition coefficient (Wildman–Crippen LogP) is 3.98. The van der Waals surface area contributed by atoms with Gasteiger partial charge in [0, 0.05) is 43.4 Å². The van der Waals surface area contributed by atoms with Crippen LogP contribution in [-0.4, -0.2) is 44.4 Å². The molecule has 2 aromatic heterocycles. The number of rotatable bonds is 8. The SMILES string of the molecule is COCCCOc1cc2c(cc1-c1ccsc1)-c1c(cc(C(=O)O)c(=O)n1C1CC1)CS2(=O)=O. The fraction of sp³-hybridized carbons (Fsp3) is 0.333. The highest BCUT2D eigenvalue weighted by Crippen LogP contribution is 2.47. The van der Waals surface area contributed by atoms with E-state index in [4.69, 9.17) is 9.47 Å². The van der Waals surface area contributed by atoms with Crippen molar-refractivity contribution in [1.82, 2.24) is 4.57 Å². The number of ether oxygens (including phenoxy) is 2. The second kappa shape index (κ2) is 8.68. The average molecular weight is 502 g/mol. The average Bonchev–Trinajstić information content (AvgIpc) is 3.48. The number of methoxy groups -OCH3 is 1. The summed E-state index contributed by atoms with van der Waals surface area (Å²) in [6.45, 7) is 0.874. The van der Waals surface area contributed by atoms with Gasteiger partial charge in [0.1, 0.15) is 11.3 Å². The fourth-order valence-electron chi connectivity index (χ4n) is 4.37. The minimum atomic E-state index is -3.79. The summed E-state index contributed by atoms with van der Waals surface area (Å²) in [7, 11) is -2.18. The first-order valence-electron chi connectivity index (χ1n) is 10.9. The van der Waals surface area contributed by atoms with E-state index in [-0.39, 0.29) is 16.7 Å². The number of nitrogens with zero attached hydrogens (tertiary/aromatic N) is 1. The number of fused-ring (bicyclic) bond motifs is 3. The molecule has 178 valence electrons. The Balaban J connectivity index is 1.76. The smallest absolute Gasteiger partial charge is 0.341 e. The molecule has 2 aliphatic rings. The van der Waals surface area contributed by atoms with Crippen molar-refractivity contribution in [3.8, 4) is 28.1 Å². The normalized spacial score (nSPS) is 16.0. The fourth-order valence-corrected chi connectivity index (χ4v) is 6.59. The van der Waals surface area contributed by atoms with E-state index in [0.717, 1.165) is 24.0 Å². The lowest BCUT2D eigenvalue weighted by Crippen LogP contribution is -2.30. The Morgan fingerprint density at radius 3 is 2.65 bits per heavy atom. The summed E-state index contributed by atoms with van der Waals surface area (Å²) in [5.41, 5.74) is 1.83. The van der Waals surface area contributed by atoms with E-state index < -0.39 is 26.9 Å². The minimum Gasteiger partial charge on any atom is -0.493 e. The van der Waals surface area contributed by atoms with E-state index in [1.54, 1.807) is 19.2 Å². The van der Waals surface area contributed by atoms with Crippen LogP contribution in [0.25, 0.3) is 22.4 Å². The maximum Gasteiger partial charge on any atom is 0.341 e. The Hall–Kier alpha value is -2.95. The van der Waals surface area contributed by atoms with E-state index in [1.165, 1.54) is 22.0 Å². The second-order valence-corrected chi connectivity index (χ2v) is 11.2. The van der Waals surface area contributed by atoms with Crippen molar-refractivity contribution >= 4 is 27.1 Å². The molecule has 10 heteroatoms. The van der Waals surface area contributed by atoms with E-state index >= 15 is 0 Å². The van der Waals surface area contributed by atoms with Crippen molar-refractivity contribution in [2.75, 3.05) is 20.3 Å². The molecular formula is C24H23NO7S2. The number of thiophene rings is 1. The predicted molar refractivity (Wildman–Crippen MR) is 128 cm³/mol. The van der Waals surface area contributed by atoms with Gasteiger partial charge in [-0.3, -0.25) is 4.79 Å². The third kappa shape index (κ3) is 3.95. The summed E-state index contributed by atoms with van der Waals surface area (Å²) in [5, 5.41) is 13.4. The molecule has 1 aliphatic heterocycles. The Labute approximate surface area is 200 Å². The molecule has 0 atom stereocenters. The van der Waals surface area contributed by atoms with Crippen LogP contribution in [0.5, 0.6) is 5.75 Å². The number of aromatic nitrogens is 1. The van der Waals surface area contributed by atoms with Gasteiger partial charge in [0.2, 0.25) is 0 Å². The van der Waals surface area contributed by atoms with Crippen molar-refractivity contribution in [3.63, 3.8) is 0 Å². The number of carbonyl (C=O) groups is 1. The van der Waals surface area contributed by atoms with Crippen LogP contribution in [0.3, 0.4) is 0 Å². The Morgan fingerprint density at radius 2 is 2.00 bits per heavy atom. The first-order chi connectivity index (χ1) is 16.3. The molecule has 0 amide bonds. The van der Waals surface area contributed by atoms with Gasteiger partial charge in [0.05, 0.1) is 22.9 Å². The van der Waals surface area contributed by atoms with Gasteiger partial charge < -0.3 is 19.1 Å². The van der Waals surface area contributed by atoms with Crippen LogP contribution in [0.1, 0.15) is 41.2 Å². The monoisotopic (exact) mass is 501 g/mol. The van der Waals surface area contributed by atoms with Gasteiger partial charge in [0.25, 0.3) is 5.56 Å². The topological polar surface area (TPSA) is 112 Å². The van der Waals surface area contributed by atoms with E-state index in [0.29, 0.717) is 42.2 Å². The summed E-state index contributed by atoms with van der Waals surface area (Å²) in [6, 6.07) is 6.31. The highest BCUT2D eigenvalue weighted by Gasteiger charge is 2.37. The second-order valence-electron chi connectivity index (χ2n) is 8.45. The first-order valence-corrected chi connectivity index (χ1v) is 13.5. The van der Waals surface area contributed by atoms with Gasteiger partial charge in [-0.15, -0.1) is 0 Å². The molecule has 0 spiro atoms. The molecule has 1 fully saturated rings. The molecule has 8 nitrogen and oxygen atoms in total. The Morgan fingerprint density at radius 1 is 1.21 bits per heavy atom. The van der Waals surface area contributed by atoms with Crippen molar-refractivity contribution in [1.29, 1.82) is 0 Å². The molecule has 1 aliphatic carbocycles. The Bertz CT molecular complexity index is 1430. The Kier molecular flexibility index (Phi) is 5.83. The van der Waals surface area contributed by atoms with Crippen LogP contribution < -0.4 is 10.3 Å². The molecule has 1 aromatic carbocycles. The van der Waals surface area contributed by atoms with Crippen LogP contribution >= 0.6 is 11.3 Å². The summed E-state index contributed by atoms with van der Waals surface area (Å²) >= 11 is 1.51. The van der Waals surface area contributed by atoms with E-state index in [2.05, 4.69) is 0 Å². The molecule has 0 bridgehead atoms. The highest BCUT2D eigenvalue weighted by molar-refractivity contribution is 7.90. The number of hydrogen-bond donors (Lipinski definition) is 1. The molecule has 1 saturated carbocycles. The third-order valence-corrected chi connectivity index (χ3v) is 8.44. The minimum absolute atomic E-state index is 0.0950. The van der Waals surface area contributed by atoms with E-state index in [9.17, 15) is 23.1 Å². The molecule has 3 heterocycles. The van der Waals surface area contributed by atoms with Crippen LogP contribution in [0.15, 0.2) is 44.7 Å². The lowest BCUT2D eigenvalue weighted by Gasteiger charge is -2.26. The molecule has 3 aromatic rings. The molecule has 0 radical (unpaired) electrons. The number of carboxylic acids is 1. The highest BCUT2D eigenvalue weighted by atomic mass is 32.2. The molecule has 0 unspecified atom stereocenters. The van der Waals surface area contributed by atoms with Crippen LogP contribution in [0.2, 0.25) is 0 Å². The zero-order valence-electron chi connectivity index (χ0n) is 18.4. The number of sulfone groups is 1. The zero-order chi connectivity index (χ0) is 24.0. The summed E-state index contributed by atoms with van der Waals surface area (Å²) in [6.07, 6.45) is 2.14. The lowest BCUT2D eigenvalue weighted by atomic mass is 9.98. The van der Waals surface area contributed by atoms with Crippen molar-refractivity contribution in [3.05, 3.63) is 56.5 Å². The third-order valence-electron chi connectivity index (χ3n) is 6.06. The number of benzene rings is 1. The lowest BCUT2D eigenvalue weighted by molar-refractivity contribution is 0.0694. The number of hydrogen-bond acceptors (Lipinski definition) is 7. The number of carboxylic acid groups (broad SMARTS) is 1. The summed E-state index contributed by atoms with van der Waals surface area (Å²) < 4.78 is 39.2. The largest absolute Gasteiger partial charge is 0.493 e. The van der Waals surface area contributed by atoms with Crippen molar-refractivity contribution < 1.29 is 27.8 Å². The summed E-state index contributed by atoms with van der Waals surface area (Å²) in [5.74, 6) is -1.28. The van der Waals surface area contributed by atoms with Crippen molar-refractivity contribution in [2.24, 2.45) is 0 Å². The molecule has 1 N–H and O–H groups in total. The number of aromatic carboxylic acids is 1. The van der Waals surface area contributed by atoms with Gasteiger partial charge in [-0.25, -0.2) is 13.2 Å². The molecular weight excluding hydrogens is 478 g/mol.